The van der Waals surface area contributed by atoms with Crippen LogP contribution in [-0.2, 0) is 9.53 Å². The number of nitrogens with one attached hydrogen (secondary N) is 2. The molecular weight excluding hydrogens is 284 g/mol. The lowest BCUT2D eigenvalue weighted by Gasteiger charge is -2.07. The number of amides is 2. The molecule has 0 saturated carbocycles. The Morgan fingerprint density at radius 2 is 2.15 bits per heavy atom. The maximum atomic E-state index is 11.7. The predicted octanol–water partition coefficient (Wildman–Crippen LogP) is 0.200. The van der Waals surface area contributed by atoms with Crippen LogP contribution in [0.4, 0.5) is 5.82 Å². The van der Waals surface area contributed by atoms with Gasteiger partial charge in [0.1, 0.15) is 5.82 Å². The van der Waals surface area contributed by atoms with Gasteiger partial charge in [-0.2, -0.15) is 0 Å². The maximum Gasteiger partial charge on any atom is 0.252 e. The zero-order chi connectivity index (χ0) is 15.0. The van der Waals surface area contributed by atoms with E-state index >= 15 is 0 Å². The van der Waals surface area contributed by atoms with Crippen molar-refractivity contribution in [2.75, 3.05) is 32.5 Å². The van der Waals surface area contributed by atoms with Gasteiger partial charge in [0.2, 0.25) is 5.91 Å². The van der Waals surface area contributed by atoms with E-state index in [1.165, 1.54) is 12.3 Å². The first-order valence-corrected chi connectivity index (χ1v) is 6.37. The molecule has 0 fully saturated rings. The van der Waals surface area contributed by atoms with E-state index in [4.69, 9.17) is 22.1 Å². The van der Waals surface area contributed by atoms with Crippen molar-refractivity contribution in [1.82, 2.24) is 15.6 Å². The van der Waals surface area contributed by atoms with Crippen molar-refractivity contribution in [2.45, 2.75) is 6.42 Å². The molecule has 0 aliphatic heterocycles. The summed E-state index contributed by atoms with van der Waals surface area (Å²) in [6.45, 7) is 1.12. The van der Waals surface area contributed by atoms with Gasteiger partial charge in [0.15, 0.2) is 0 Å². The van der Waals surface area contributed by atoms with Crippen molar-refractivity contribution >= 4 is 29.2 Å². The SMILES string of the molecule is COCCNC(=O)CCNC(=O)c1cnc(N)c(Cl)c1. The third-order valence-corrected chi connectivity index (χ3v) is 2.70. The van der Waals surface area contributed by atoms with E-state index in [0.717, 1.165) is 0 Å². The number of nitrogens with two attached hydrogens (primary N) is 1. The first kappa shape index (κ1) is 16.2. The maximum absolute atomic E-state index is 11.7. The summed E-state index contributed by atoms with van der Waals surface area (Å²) in [5.74, 6) is -0.347. The van der Waals surface area contributed by atoms with Crippen LogP contribution in [0.1, 0.15) is 16.8 Å². The number of hydrogen-bond acceptors (Lipinski definition) is 5. The van der Waals surface area contributed by atoms with E-state index in [2.05, 4.69) is 15.6 Å². The number of nitrogens with zero attached hydrogens (tertiary/aromatic N) is 1. The van der Waals surface area contributed by atoms with Gasteiger partial charge in [-0.05, 0) is 6.07 Å². The molecular formula is C12H17ClN4O3. The van der Waals surface area contributed by atoms with Crippen molar-refractivity contribution in [2.24, 2.45) is 0 Å². The highest BCUT2D eigenvalue weighted by molar-refractivity contribution is 6.33. The zero-order valence-corrected chi connectivity index (χ0v) is 11.9. The fourth-order valence-electron chi connectivity index (χ4n) is 1.35. The summed E-state index contributed by atoms with van der Waals surface area (Å²) in [5.41, 5.74) is 5.74. The summed E-state index contributed by atoms with van der Waals surface area (Å²) in [7, 11) is 1.55. The molecule has 8 heteroatoms. The van der Waals surface area contributed by atoms with Gasteiger partial charge >= 0.3 is 0 Å². The summed E-state index contributed by atoms with van der Waals surface area (Å²) in [6, 6.07) is 1.43. The van der Waals surface area contributed by atoms with Crippen LogP contribution in [0.2, 0.25) is 5.02 Å². The first-order valence-electron chi connectivity index (χ1n) is 5.99. The van der Waals surface area contributed by atoms with Crippen molar-refractivity contribution in [3.05, 3.63) is 22.8 Å². The van der Waals surface area contributed by atoms with Crippen LogP contribution in [0.25, 0.3) is 0 Å². The Hall–Kier alpha value is -1.86. The van der Waals surface area contributed by atoms with Crippen LogP contribution in [0, 0.1) is 0 Å². The van der Waals surface area contributed by atoms with Crippen molar-refractivity contribution in [1.29, 1.82) is 0 Å². The zero-order valence-electron chi connectivity index (χ0n) is 11.1. The number of carbonyl (C=O) groups is 2. The highest BCUT2D eigenvalue weighted by Gasteiger charge is 2.09. The first-order chi connectivity index (χ1) is 9.54. The number of aromatic nitrogens is 1. The lowest BCUT2D eigenvalue weighted by Crippen LogP contribution is -2.32. The predicted molar refractivity (Wildman–Crippen MR) is 75.5 cm³/mol. The average Bonchev–Trinajstić information content (AvgIpc) is 2.42. The molecule has 0 aliphatic rings. The van der Waals surface area contributed by atoms with E-state index in [0.29, 0.717) is 18.7 Å². The molecule has 1 heterocycles. The van der Waals surface area contributed by atoms with Crippen LogP contribution in [0.15, 0.2) is 12.3 Å². The van der Waals surface area contributed by atoms with Gasteiger partial charge in [-0.15, -0.1) is 0 Å². The number of pyridine rings is 1. The van der Waals surface area contributed by atoms with Gasteiger partial charge in [-0.3, -0.25) is 9.59 Å². The average molecular weight is 301 g/mol. The summed E-state index contributed by atoms with van der Waals surface area (Å²) >= 11 is 5.77. The van der Waals surface area contributed by atoms with E-state index in [9.17, 15) is 9.59 Å². The highest BCUT2D eigenvalue weighted by Crippen LogP contribution is 2.16. The molecule has 110 valence electrons. The summed E-state index contributed by atoms with van der Waals surface area (Å²) < 4.78 is 4.80. The Bertz CT molecular complexity index is 482. The number of nitrogen functional groups attached to an aromatic ring is 1. The monoisotopic (exact) mass is 300 g/mol. The molecule has 1 aromatic heterocycles. The molecule has 0 aromatic carbocycles. The number of methoxy groups -OCH3 is 1. The van der Waals surface area contributed by atoms with Crippen LogP contribution in [0.3, 0.4) is 0 Å². The number of carbonyl (C=O) groups excluding carboxylic acids is 2. The molecule has 20 heavy (non-hydrogen) atoms. The number of rotatable bonds is 7. The van der Waals surface area contributed by atoms with Gasteiger partial charge in [-0.1, -0.05) is 11.6 Å². The Labute approximate surface area is 121 Å². The third kappa shape index (κ3) is 5.41. The Balaban J connectivity index is 2.32. The molecule has 0 aliphatic carbocycles. The van der Waals surface area contributed by atoms with Crippen LogP contribution in [0.5, 0.6) is 0 Å². The Morgan fingerprint density at radius 1 is 1.40 bits per heavy atom. The summed E-state index contributed by atoms with van der Waals surface area (Å²) in [5, 5.41) is 5.46. The van der Waals surface area contributed by atoms with Gasteiger partial charge < -0.3 is 21.1 Å². The lowest BCUT2D eigenvalue weighted by atomic mass is 10.2. The van der Waals surface area contributed by atoms with Gasteiger partial charge in [0.25, 0.3) is 5.91 Å². The molecule has 0 spiro atoms. The van der Waals surface area contributed by atoms with E-state index in [1.54, 1.807) is 7.11 Å². The van der Waals surface area contributed by atoms with Gasteiger partial charge in [0, 0.05) is 32.8 Å². The number of halogens is 1. The van der Waals surface area contributed by atoms with E-state index in [-0.39, 0.29) is 35.6 Å². The van der Waals surface area contributed by atoms with Gasteiger partial charge in [0.05, 0.1) is 17.2 Å². The third-order valence-electron chi connectivity index (χ3n) is 2.40. The molecule has 0 atom stereocenters. The van der Waals surface area contributed by atoms with Crippen molar-refractivity contribution in [3.8, 4) is 0 Å². The normalized spacial score (nSPS) is 10.1. The second-order valence-electron chi connectivity index (χ2n) is 3.94. The topological polar surface area (TPSA) is 106 Å². The Morgan fingerprint density at radius 3 is 2.80 bits per heavy atom. The molecule has 0 radical (unpaired) electrons. The summed E-state index contributed by atoms with van der Waals surface area (Å²) in [6.07, 6.45) is 1.51. The summed E-state index contributed by atoms with van der Waals surface area (Å²) in [4.78, 5) is 26.9. The Kier molecular flexibility index (Phi) is 6.75. The minimum absolute atomic E-state index is 0.157. The van der Waals surface area contributed by atoms with E-state index < -0.39 is 0 Å². The largest absolute Gasteiger partial charge is 0.383 e. The molecule has 4 N–H and O–H groups in total. The van der Waals surface area contributed by atoms with E-state index in [1.807, 2.05) is 0 Å². The standard InChI is InChI=1S/C12H17ClN4O3/c1-20-5-4-15-10(18)2-3-16-12(19)8-6-9(13)11(14)17-7-8/h6-7H,2-5H2,1H3,(H2,14,17)(H,15,18)(H,16,19). The van der Waals surface area contributed by atoms with Crippen LogP contribution in [-0.4, -0.2) is 43.6 Å². The molecule has 1 aromatic rings. The fraction of sp³-hybridized carbons (Fsp3) is 0.417. The smallest absolute Gasteiger partial charge is 0.252 e. The highest BCUT2D eigenvalue weighted by atomic mass is 35.5. The van der Waals surface area contributed by atoms with Crippen LogP contribution < -0.4 is 16.4 Å². The van der Waals surface area contributed by atoms with Gasteiger partial charge in [-0.25, -0.2) is 4.98 Å². The molecule has 2 amide bonds. The molecule has 7 nitrogen and oxygen atoms in total. The van der Waals surface area contributed by atoms with Crippen LogP contribution >= 0.6 is 11.6 Å². The number of ether oxygens (including phenoxy) is 1. The second-order valence-corrected chi connectivity index (χ2v) is 4.35. The minimum atomic E-state index is -0.357. The molecule has 0 bridgehead atoms. The number of hydrogen-bond donors (Lipinski definition) is 3. The number of anilines is 1. The lowest BCUT2D eigenvalue weighted by molar-refractivity contribution is -0.121. The quantitative estimate of drug-likeness (QED) is 0.624. The fourth-order valence-corrected chi connectivity index (χ4v) is 1.51. The second kappa shape index (κ2) is 8.34. The molecule has 0 unspecified atom stereocenters. The van der Waals surface area contributed by atoms with Crippen molar-refractivity contribution < 1.29 is 14.3 Å². The molecule has 1 rings (SSSR count). The molecule has 0 saturated heterocycles. The van der Waals surface area contributed by atoms with Crippen molar-refractivity contribution in [3.63, 3.8) is 0 Å². The minimum Gasteiger partial charge on any atom is -0.383 e.